The molecule has 0 aromatic carbocycles. The van der Waals surface area contributed by atoms with Crippen LogP contribution in [-0.2, 0) is 0 Å². The van der Waals surface area contributed by atoms with Crippen molar-refractivity contribution in [1.82, 2.24) is 15.5 Å². The van der Waals surface area contributed by atoms with E-state index in [1.54, 1.807) is 7.05 Å². The first-order valence-electron chi connectivity index (χ1n) is 9.09. The Morgan fingerprint density at radius 1 is 1.46 bits per heavy atom. The Balaban J connectivity index is 0.00000243. The van der Waals surface area contributed by atoms with Crippen molar-refractivity contribution in [1.29, 1.82) is 0 Å². The van der Waals surface area contributed by atoms with E-state index in [1.807, 2.05) is 23.1 Å². The van der Waals surface area contributed by atoms with E-state index < -0.39 is 5.60 Å². The molecule has 0 aliphatic carbocycles. The van der Waals surface area contributed by atoms with Gasteiger partial charge in [-0.1, -0.05) is 6.07 Å². The maximum absolute atomic E-state index is 10.5. The Kier molecular flexibility index (Phi) is 8.99. The smallest absolute Gasteiger partial charge is 0.191 e. The van der Waals surface area contributed by atoms with Gasteiger partial charge in [0.05, 0.1) is 5.60 Å². The highest BCUT2D eigenvalue weighted by Crippen LogP contribution is 2.36. The van der Waals surface area contributed by atoms with Gasteiger partial charge in [0.2, 0.25) is 0 Å². The first kappa shape index (κ1) is 22.3. The van der Waals surface area contributed by atoms with E-state index in [1.165, 1.54) is 17.7 Å². The van der Waals surface area contributed by atoms with Gasteiger partial charge >= 0.3 is 0 Å². The Bertz CT molecular complexity index is 564. The summed E-state index contributed by atoms with van der Waals surface area (Å²) < 4.78 is 0. The van der Waals surface area contributed by atoms with Crippen molar-refractivity contribution in [3.8, 4) is 0 Å². The number of rotatable bonds is 5. The van der Waals surface area contributed by atoms with E-state index in [4.69, 9.17) is 0 Å². The van der Waals surface area contributed by atoms with Crippen molar-refractivity contribution in [2.75, 3.05) is 45.2 Å². The highest BCUT2D eigenvalue weighted by atomic mass is 127. The van der Waals surface area contributed by atoms with Crippen molar-refractivity contribution in [3.05, 3.63) is 22.4 Å². The number of thioether (sulfide) groups is 1. The number of hydrogen-bond donors (Lipinski definition) is 3. The maximum Gasteiger partial charge on any atom is 0.191 e. The van der Waals surface area contributed by atoms with Gasteiger partial charge in [-0.25, -0.2) is 0 Å². The second-order valence-corrected chi connectivity index (χ2v) is 9.26. The Morgan fingerprint density at radius 2 is 2.31 bits per heavy atom. The molecular weight excluding hydrogens is 479 g/mol. The van der Waals surface area contributed by atoms with Crippen LogP contribution in [0.1, 0.15) is 30.2 Å². The fourth-order valence-corrected chi connectivity index (χ4v) is 6.09. The molecule has 26 heavy (non-hydrogen) atoms. The normalized spacial score (nSPS) is 30.0. The summed E-state index contributed by atoms with van der Waals surface area (Å²) in [5.74, 6) is 3.22. The Morgan fingerprint density at radius 3 is 2.96 bits per heavy atom. The summed E-state index contributed by atoms with van der Waals surface area (Å²) in [5, 5.41) is 19.5. The summed E-state index contributed by atoms with van der Waals surface area (Å²) in [6.45, 7) is 2.63. The van der Waals surface area contributed by atoms with E-state index in [2.05, 4.69) is 45.1 Å². The number of aliphatic hydroxyl groups is 1. The SMILES string of the molecule is CN=C(NCC1CCCN(C)C1c1cccs1)NCC1(O)CCSC1.I. The van der Waals surface area contributed by atoms with Crippen molar-refractivity contribution in [3.63, 3.8) is 0 Å². The van der Waals surface area contributed by atoms with E-state index in [0.717, 1.165) is 37.0 Å². The van der Waals surface area contributed by atoms with Gasteiger partial charge in [-0.15, -0.1) is 35.3 Å². The standard InChI is InChI=1S/C18H30N4OS2.HI/c1-19-17(21-12-18(23)7-10-24-13-18)20-11-14-5-3-8-22(2)16(14)15-6-4-9-25-15;/h4,6,9,14,16,23H,3,5,7-8,10-13H2,1-2H3,(H2,19,20,21);1H. The van der Waals surface area contributed by atoms with Crippen LogP contribution in [0, 0.1) is 5.92 Å². The van der Waals surface area contributed by atoms with Gasteiger partial charge in [-0.05, 0) is 56.0 Å². The first-order chi connectivity index (χ1) is 12.1. The molecule has 8 heteroatoms. The molecule has 1 aromatic heterocycles. The highest BCUT2D eigenvalue weighted by molar-refractivity contribution is 14.0. The predicted molar refractivity (Wildman–Crippen MR) is 124 cm³/mol. The van der Waals surface area contributed by atoms with E-state index in [-0.39, 0.29) is 24.0 Å². The van der Waals surface area contributed by atoms with Crippen LogP contribution in [-0.4, -0.2) is 66.8 Å². The number of nitrogens with zero attached hydrogens (tertiary/aromatic N) is 2. The largest absolute Gasteiger partial charge is 0.387 e. The molecule has 3 N–H and O–H groups in total. The second kappa shape index (κ2) is 10.5. The minimum absolute atomic E-state index is 0. The minimum atomic E-state index is -0.590. The summed E-state index contributed by atoms with van der Waals surface area (Å²) in [5.41, 5.74) is -0.590. The second-order valence-electron chi connectivity index (χ2n) is 7.18. The number of thiophene rings is 1. The third-order valence-corrected chi connectivity index (χ3v) is 7.44. The molecule has 0 saturated carbocycles. The number of nitrogens with one attached hydrogen (secondary N) is 2. The van der Waals surface area contributed by atoms with Gasteiger partial charge in [-0.3, -0.25) is 9.89 Å². The number of piperidine rings is 1. The van der Waals surface area contributed by atoms with Crippen LogP contribution in [0.3, 0.4) is 0 Å². The summed E-state index contributed by atoms with van der Waals surface area (Å²) in [6.07, 6.45) is 3.33. The minimum Gasteiger partial charge on any atom is -0.387 e. The summed E-state index contributed by atoms with van der Waals surface area (Å²) >= 11 is 3.67. The lowest BCUT2D eigenvalue weighted by Gasteiger charge is -2.39. The van der Waals surface area contributed by atoms with Crippen LogP contribution in [0.15, 0.2) is 22.5 Å². The Hall–Kier alpha value is -0.0300. The zero-order valence-electron chi connectivity index (χ0n) is 15.6. The van der Waals surface area contributed by atoms with Crippen molar-refractivity contribution in [2.24, 2.45) is 10.9 Å². The molecule has 3 rings (SSSR count). The number of halogens is 1. The van der Waals surface area contributed by atoms with Gasteiger partial charge in [-0.2, -0.15) is 11.8 Å². The van der Waals surface area contributed by atoms with E-state index in [0.29, 0.717) is 18.5 Å². The number of hydrogen-bond acceptors (Lipinski definition) is 5. The molecular formula is C18H31IN4OS2. The lowest BCUT2D eigenvalue weighted by Crippen LogP contribution is -2.49. The van der Waals surface area contributed by atoms with Crippen LogP contribution in [0.2, 0.25) is 0 Å². The Labute approximate surface area is 182 Å². The zero-order valence-corrected chi connectivity index (χ0v) is 19.6. The predicted octanol–water partition coefficient (Wildman–Crippen LogP) is 2.78. The molecule has 1 aromatic rings. The molecule has 2 aliphatic heterocycles. The molecule has 2 aliphatic rings. The third-order valence-electron chi connectivity index (χ3n) is 5.26. The van der Waals surface area contributed by atoms with Gasteiger partial charge in [0.25, 0.3) is 0 Å². The van der Waals surface area contributed by atoms with Gasteiger partial charge in [0, 0.05) is 36.8 Å². The molecule has 0 amide bonds. The van der Waals surface area contributed by atoms with Crippen LogP contribution in [0.25, 0.3) is 0 Å². The van der Waals surface area contributed by atoms with Crippen LogP contribution < -0.4 is 10.6 Å². The van der Waals surface area contributed by atoms with Crippen molar-refractivity contribution >= 4 is 53.0 Å². The summed E-state index contributed by atoms with van der Waals surface area (Å²) in [4.78, 5) is 8.27. The average molecular weight is 511 g/mol. The third kappa shape index (κ3) is 5.73. The maximum atomic E-state index is 10.5. The van der Waals surface area contributed by atoms with Crippen molar-refractivity contribution < 1.29 is 5.11 Å². The average Bonchev–Trinajstić information content (AvgIpc) is 3.27. The lowest BCUT2D eigenvalue weighted by atomic mass is 9.88. The molecule has 148 valence electrons. The first-order valence-corrected chi connectivity index (χ1v) is 11.1. The van der Waals surface area contributed by atoms with Crippen molar-refractivity contribution in [2.45, 2.75) is 30.9 Å². The van der Waals surface area contributed by atoms with E-state index >= 15 is 0 Å². The van der Waals surface area contributed by atoms with E-state index in [9.17, 15) is 5.11 Å². The molecule has 2 saturated heterocycles. The molecule has 0 bridgehead atoms. The molecule has 0 radical (unpaired) electrons. The van der Waals surface area contributed by atoms with Crippen LogP contribution >= 0.6 is 47.1 Å². The topological polar surface area (TPSA) is 59.9 Å². The van der Waals surface area contributed by atoms with Gasteiger partial charge in [0.1, 0.15) is 0 Å². The molecule has 0 spiro atoms. The molecule has 5 nitrogen and oxygen atoms in total. The van der Waals surface area contributed by atoms with Gasteiger partial charge < -0.3 is 15.7 Å². The number of aliphatic imine (C=N–C) groups is 1. The quantitative estimate of drug-likeness (QED) is 0.323. The van der Waals surface area contributed by atoms with Crippen LogP contribution in [0.4, 0.5) is 0 Å². The number of guanidine groups is 1. The summed E-state index contributed by atoms with van der Waals surface area (Å²) in [6, 6.07) is 4.88. The number of likely N-dealkylation sites (tertiary alicyclic amines) is 1. The fraction of sp³-hybridized carbons (Fsp3) is 0.722. The molecule has 3 unspecified atom stereocenters. The van der Waals surface area contributed by atoms with Gasteiger partial charge in [0.15, 0.2) is 5.96 Å². The monoisotopic (exact) mass is 510 g/mol. The molecule has 3 heterocycles. The highest BCUT2D eigenvalue weighted by Gasteiger charge is 2.33. The molecule has 3 atom stereocenters. The lowest BCUT2D eigenvalue weighted by molar-refractivity contribution is 0.0723. The zero-order chi connectivity index (χ0) is 17.7. The van der Waals surface area contributed by atoms with Crippen LogP contribution in [0.5, 0.6) is 0 Å². The molecule has 2 fully saturated rings. The fourth-order valence-electron chi connectivity index (χ4n) is 3.82. The summed E-state index contributed by atoms with van der Waals surface area (Å²) in [7, 11) is 4.03.